The number of rotatable bonds is 5. The molecule has 0 aliphatic carbocycles. The van der Waals surface area contributed by atoms with Gasteiger partial charge in [-0.2, -0.15) is 0 Å². The Morgan fingerprint density at radius 1 is 1.07 bits per heavy atom. The van der Waals surface area contributed by atoms with E-state index in [9.17, 15) is 9.18 Å². The second-order valence-electron chi connectivity index (χ2n) is 6.54. The molecular formula is C22H20FN3O. The largest absolute Gasteiger partial charge is 0.370 e. The molecule has 27 heavy (non-hydrogen) atoms. The summed E-state index contributed by atoms with van der Waals surface area (Å²) in [6.45, 7) is 1.27. The molecule has 1 aromatic heterocycles. The van der Waals surface area contributed by atoms with Crippen molar-refractivity contribution in [1.29, 1.82) is 0 Å². The van der Waals surface area contributed by atoms with E-state index in [1.54, 1.807) is 35.4 Å². The number of carbonyl (C=O) groups excluding carboxylic acids is 1. The highest BCUT2D eigenvalue weighted by Crippen LogP contribution is 2.28. The van der Waals surface area contributed by atoms with Crippen molar-refractivity contribution in [2.75, 3.05) is 23.3 Å². The lowest BCUT2D eigenvalue weighted by Gasteiger charge is -2.17. The smallest absolute Gasteiger partial charge is 0.259 e. The third-order valence-electron chi connectivity index (χ3n) is 4.80. The summed E-state index contributed by atoms with van der Waals surface area (Å²) in [6.07, 6.45) is 3.04. The standard InChI is InChI=1S/C22H20FN3O/c23-19-7-3-1-5-16(19)11-13-24-21-10-9-18(15-25-21)22(27)26-14-12-17-6-2-4-8-20(17)26/h1-10,15H,11-14H2,(H,24,25). The number of hydrogen-bond acceptors (Lipinski definition) is 3. The first-order valence-corrected chi connectivity index (χ1v) is 9.05. The fraction of sp³-hybridized carbons (Fsp3) is 0.182. The second-order valence-corrected chi connectivity index (χ2v) is 6.54. The molecule has 1 aliphatic rings. The highest BCUT2D eigenvalue weighted by molar-refractivity contribution is 6.07. The molecule has 4 nitrogen and oxygen atoms in total. The third kappa shape index (κ3) is 3.67. The van der Waals surface area contributed by atoms with Gasteiger partial charge in [0, 0.05) is 25.0 Å². The molecule has 2 aromatic carbocycles. The third-order valence-corrected chi connectivity index (χ3v) is 4.80. The average Bonchev–Trinajstić information content (AvgIpc) is 3.14. The van der Waals surface area contributed by atoms with E-state index in [0.717, 1.165) is 12.1 Å². The maximum atomic E-state index is 13.6. The lowest BCUT2D eigenvalue weighted by molar-refractivity contribution is 0.0989. The van der Waals surface area contributed by atoms with Gasteiger partial charge in [-0.15, -0.1) is 0 Å². The van der Waals surface area contributed by atoms with E-state index in [4.69, 9.17) is 0 Å². The SMILES string of the molecule is O=C(c1ccc(NCCc2ccccc2F)nc1)N1CCc2ccccc21. The van der Waals surface area contributed by atoms with Crippen molar-refractivity contribution >= 4 is 17.4 Å². The minimum Gasteiger partial charge on any atom is -0.370 e. The molecular weight excluding hydrogens is 341 g/mol. The van der Waals surface area contributed by atoms with Gasteiger partial charge in [-0.3, -0.25) is 4.79 Å². The molecule has 136 valence electrons. The summed E-state index contributed by atoms with van der Waals surface area (Å²) in [5.41, 5.74) is 3.41. The maximum absolute atomic E-state index is 13.6. The van der Waals surface area contributed by atoms with Gasteiger partial charge in [0.25, 0.3) is 5.91 Å². The monoisotopic (exact) mass is 361 g/mol. The van der Waals surface area contributed by atoms with Crippen LogP contribution in [0.5, 0.6) is 0 Å². The number of fused-ring (bicyclic) bond motifs is 1. The van der Waals surface area contributed by atoms with E-state index >= 15 is 0 Å². The Labute approximate surface area is 157 Å². The summed E-state index contributed by atoms with van der Waals surface area (Å²) in [6, 6.07) is 18.3. The summed E-state index contributed by atoms with van der Waals surface area (Å²) in [4.78, 5) is 18.9. The number of nitrogens with zero attached hydrogens (tertiary/aromatic N) is 2. The second kappa shape index (κ2) is 7.58. The van der Waals surface area contributed by atoms with Crippen LogP contribution in [0.4, 0.5) is 15.9 Å². The van der Waals surface area contributed by atoms with Gasteiger partial charge in [-0.05, 0) is 48.2 Å². The number of anilines is 2. The number of amides is 1. The van der Waals surface area contributed by atoms with Gasteiger partial charge in [0.05, 0.1) is 5.56 Å². The molecule has 0 radical (unpaired) electrons. The van der Waals surface area contributed by atoms with Crippen molar-refractivity contribution < 1.29 is 9.18 Å². The van der Waals surface area contributed by atoms with Crippen molar-refractivity contribution in [2.45, 2.75) is 12.8 Å². The number of aromatic nitrogens is 1. The molecule has 0 atom stereocenters. The van der Waals surface area contributed by atoms with Gasteiger partial charge in [0.1, 0.15) is 11.6 Å². The molecule has 0 spiro atoms. The molecule has 0 bridgehead atoms. The first-order valence-electron chi connectivity index (χ1n) is 9.05. The maximum Gasteiger partial charge on any atom is 0.259 e. The summed E-state index contributed by atoms with van der Waals surface area (Å²) >= 11 is 0. The van der Waals surface area contributed by atoms with Crippen molar-refractivity contribution in [3.8, 4) is 0 Å². The zero-order valence-corrected chi connectivity index (χ0v) is 14.9. The van der Waals surface area contributed by atoms with Crippen LogP contribution in [-0.4, -0.2) is 24.0 Å². The highest BCUT2D eigenvalue weighted by atomic mass is 19.1. The van der Waals surface area contributed by atoms with Crippen molar-refractivity contribution in [3.05, 3.63) is 89.4 Å². The van der Waals surface area contributed by atoms with Crippen LogP contribution in [0.2, 0.25) is 0 Å². The van der Waals surface area contributed by atoms with Crippen LogP contribution in [0.15, 0.2) is 66.9 Å². The van der Waals surface area contributed by atoms with Crippen molar-refractivity contribution in [1.82, 2.24) is 4.98 Å². The first-order chi connectivity index (χ1) is 13.2. The number of para-hydroxylation sites is 1. The number of pyridine rings is 1. The summed E-state index contributed by atoms with van der Waals surface area (Å²) in [5.74, 6) is 0.439. The van der Waals surface area contributed by atoms with Crippen molar-refractivity contribution in [3.63, 3.8) is 0 Å². The average molecular weight is 361 g/mol. The number of benzene rings is 2. The molecule has 3 aromatic rings. The Balaban J connectivity index is 1.38. The zero-order chi connectivity index (χ0) is 18.6. The van der Waals surface area contributed by atoms with Crippen LogP contribution in [0.1, 0.15) is 21.5 Å². The molecule has 1 aliphatic heterocycles. The predicted octanol–water partition coefficient (Wildman–Crippen LogP) is 4.08. The van der Waals surface area contributed by atoms with Gasteiger partial charge < -0.3 is 10.2 Å². The lowest BCUT2D eigenvalue weighted by Crippen LogP contribution is -2.28. The van der Waals surface area contributed by atoms with Crippen LogP contribution < -0.4 is 10.2 Å². The first kappa shape index (κ1) is 17.2. The van der Waals surface area contributed by atoms with Gasteiger partial charge in [-0.1, -0.05) is 36.4 Å². The molecule has 1 N–H and O–H groups in total. The van der Waals surface area contributed by atoms with E-state index in [-0.39, 0.29) is 11.7 Å². The predicted molar refractivity (Wildman–Crippen MR) is 105 cm³/mol. The van der Waals surface area contributed by atoms with Gasteiger partial charge in [0.15, 0.2) is 0 Å². The van der Waals surface area contributed by atoms with E-state index in [1.807, 2.05) is 24.3 Å². The van der Waals surface area contributed by atoms with Gasteiger partial charge in [-0.25, -0.2) is 9.37 Å². The quantitative estimate of drug-likeness (QED) is 0.745. The summed E-state index contributed by atoms with van der Waals surface area (Å²) < 4.78 is 13.6. The Morgan fingerprint density at radius 3 is 2.70 bits per heavy atom. The Morgan fingerprint density at radius 2 is 1.89 bits per heavy atom. The van der Waals surface area contributed by atoms with E-state index in [0.29, 0.717) is 36.5 Å². The number of carbonyl (C=O) groups is 1. The Kier molecular flexibility index (Phi) is 4.83. The fourth-order valence-electron chi connectivity index (χ4n) is 3.36. The van der Waals surface area contributed by atoms with Crippen LogP contribution >= 0.6 is 0 Å². The van der Waals surface area contributed by atoms with Crippen LogP contribution in [-0.2, 0) is 12.8 Å². The van der Waals surface area contributed by atoms with E-state index in [1.165, 1.54) is 11.6 Å². The summed E-state index contributed by atoms with van der Waals surface area (Å²) in [7, 11) is 0. The minimum atomic E-state index is -0.195. The molecule has 0 saturated carbocycles. The number of halogens is 1. The Bertz CT molecular complexity index is 956. The molecule has 0 unspecified atom stereocenters. The van der Waals surface area contributed by atoms with Crippen LogP contribution in [0, 0.1) is 5.82 Å². The van der Waals surface area contributed by atoms with E-state index in [2.05, 4.69) is 16.4 Å². The molecule has 4 rings (SSSR count). The molecule has 0 saturated heterocycles. The number of nitrogens with one attached hydrogen (secondary N) is 1. The highest BCUT2D eigenvalue weighted by Gasteiger charge is 2.25. The zero-order valence-electron chi connectivity index (χ0n) is 14.9. The minimum absolute atomic E-state index is 0.0367. The summed E-state index contributed by atoms with van der Waals surface area (Å²) in [5, 5.41) is 3.17. The molecule has 2 heterocycles. The van der Waals surface area contributed by atoms with Crippen LogP contribution in [0.25, 0.3) is 0 Å². The van der Waals surface area contributed by atoms with Gasteiger partial charge >= 0.3 is 0 Å². The van der Waals surface area contributed by atoms with Crippen LogP contribution in [0.3, 0.4) is 0 Å². The van der Waals surface area contributed by atoms with Crippen molar-refractivity contribution in [2.24, 2.45) is 0 Å². The molecule has 1 amide bonds. The normalized spacial score (nSPS) is 12.7. The molecule has 5 heteroatoms. The van der Waals surface area contributed by atoms with Gasteiger partial charge in [0.2, 0.25) is 0 Å². The number of hydrogen-bond donors (Lipinski definition) is 1. The van der Waals surface area contributed by atoms with E-state index < -0.39 is 0 Å². The topological polar surface area (TPSA) is 45.2 Å². The fourth-order valence-corrected chi connectivity index (χ4v) is 3.36. The lowest BCUT2D eigenvalue weighted by atomic mass is 10.1. The molecule has 0 fully saturated rings. The Hall–Kier alpha value is -3.21.